The van der Waals surface area contributed by atoms with Crippen LogP contribution in [0.1, 0.15) is 24.7 Å². The van der Waals surface area contributed by atoms with Crippen molar-refractivity contribution in [3.63, 3.8) is 0 Å². The van der Waals surface area contributed by atoms with E-state index in [4.69, 9.17) is 10.8 Å². The predicted octanol–water partition coefficient (Wildman–Crippen LogP) is 1.09. The highest BCUT2D eigenvalue weighted by Crippen LogP contribution is 2.39. The molecule has 5 nitrogen and oxygen atoms in total. The van der Waals surface area contributed by atoms with E-state index in [0.717, 1.165) is 24.6 Å². The maximum atomic E-state index is 12.2. The van der Waals surface area contributed by atoms with Crippen molar-refractivity contribution >= 4 is 11.8 Å². The molecule has 0 saturated heterocycles. The molecule has 1 aromatic heterocycles. The number of hydrogen-bond acceptors (Lipinski definition) is 5. The molecule has 1 aliphatic rings. The molecule has 0 spiro atoms. The lowest BCUT2D eigenvalue weighted by molar-refractivity contribution is -0.195. The van der Waals surface area contributed by atoms with Gasteiger partial charge in [0.05, 0.1) is 6.54 Å². The highest BCUT2D eigenvalue weighted by atomic mass is 32.2. The third-order valence-electron chi connectivity index (χ3n) is 2.58. The lowest BCUT2D eigenvalue weighted by Gasteiger charge is -2.14. The van der Waals surface area contributed by atoms with Crippen LogP contribution in [0.2, 0.25) is 0 Å². The quantitative estimate of drug-likeness (QED) is 0.790. The maximum absolute atomic E-state index is 12.2. The third kappa shape index (κ3) is 2.96. The summed E-state index contributed by atoms with van der Waals surface area (Å²) in [5.74, 6) is 0.0837. The first-order chi connectivity index (χ1) is 8.43. The molecule has 1 aromatic rings. The molecule has 1 saturated carbocycles. The van der Waals surface area contributed by atoms with Crippen molar-refractivity contribution in [2.24, 2.45) is 5.73 Å². The molecular formula is C9H13F3N4OS. The molecule has 3 N–H and O–H groups in total. The van der Waals surface area contributed by atoms with Crippen LogP contribution in [0.5, 0.6) is 0 Å². The average molecular weight is 282 g/mol. The third-order valence-corrected chi connectivity index (χ3v) is 3.60. The van der Waals surface area contributed by atoms with Crippen LogP contribution in [-0.2, 0) is 6.54 Å². The van der Waals surface area contributed by atoms with Gasteiger partial charge in [-0.3, -0.25) is 0 Å². The van der Waals surface area contributed by atoms with Crippen molar-refractivity contribution < 1.29 is 18.3 Å². The normalized spacial score (nSPS) is 18.1. The van der Waals surface area contributed by atoms with E-state index >= 15 is 0 Å². The van der Waals surface area contributed by atoms with Gasteiger partial charge in [0.15, 0.2) is 11.3 Å². The maximum Gasteiger partial charge on any atom is 0.415 e. The van der Waals surface area contributed by atoms with Crippen LogP contribution in [-0.4, -0.2) is 37.9 Å². The molecule has 9 heteroatoms. The van der Waals surface area contributed by atoms with E-state index in [1.54, 1.807) is 4.57 Å². The second-order valence-electron chi connectivity index (χ2n) is 4.07. The Labute approximate surface area is 106 Å². The summed E-state index contributed by atoms with van der Waals surface area (Å²) in [5.41, 5.74) is 5.49. The average Bonchev–Trinajstić information content (AvgIpc) is 3.05. The Bertz CT molecular complexity index is 418. The Balaban J connectivity index is 2.03. The molecular weight excluding hydrogens is 269 g/mol. The Morgan fingerprint density at radius 2 is 2.11 bits per heavy atom. The van der Waals surface area contributed by atoms with Gasteiger partial charge in [-0.15, -0.1) is 10.2 Å². The summed E-state index contributed by atoms with van der Waals surface area (Å²) in [6, 6.07) is 0.240. The number of rotatable bonds is 5. The number of halogens is 3. The van der Waals surface area contributed by atoms with Crippen molar-refractivity contribution in [2.75, 3.05) is 5.75 Å². The fraction of sp³-hybridized carbons (Fsp3) is 0.778. The zero-order valence-electron chi connectivity index (χ0n) is 9.39. The van der Waals surface area contributed by atoms with Crippen molar-refractivity contribution in [3.8, 4) is 0 Å². The minimum absolute atomic E-state index is 0.200. The van der Waals surface area contributed by atoms with Gasteiger partial charge in [0.1, 0.15) is 5.82 Å². The van der Waals surface area contributed by atoms with Crippen LogP contribution in [0.15, 0.2) is 5.16 Å². The molecule has 0 aliphatic heterocycles. The van der Waals surface area contributed by atoms with Gasteiger partial charge in [-0.1, -0.05) is 11.8 Å². The summed E-state index contributed by atoms with van der Waals surface area (Å²) >= 11 is 0.850. The minimum atomic E-state index is -4.60. The number of nitrogens with two attached hydrogens (primary N) is 1. The summed E-state index contributed by atoms with van der Waals surface area (Å²) in [6.45, 7) is 0.200. The number of aliphatic hydroxyl groups excluding tert-OH is 1. The second kappa shape index (κ2) is 5.06. The first kappa shape index (κ1) is 13.6. The Morgan fingerprint density at radius 3 is 2.61 bits per heavy atom. The molecule has 0 amide bonds. The Hall–Kier alpha value is -0.800. The topological polar surface area (TPSA) is 77.0 Å². The fourth-order valence-electron chi connectivity index (χ4n) is 1.49. The lowest BCUT2D eigenvalue weighted by atomic mass is 10.4. The van der Waals surface area contributed by atoms with Crippen molar-refractivity contribution in [2.45, 2.75) is 42.9 Å². The smallest absolute Gasteiger partial charge is 0.383 e. The summed E-state index contributed by atoms with van der Waals surface area (Å²) in [5, 5.41) is 17.0. The first-order valence-corrected chi connectivity index (χ1v) is 6.43. The van der Waals surface area contributed by atoms with Gasteiger partial charge < -0.3 is 15.4 Å². The molecule has 0 aromatic carbocycles. The van der Waals surface area contributed by atoms with Crippen LogP contribution in [0.25, 0.3) is 0 Å². The van der Waals surface area contributed by atoms with E-state index in [1.807, 2.05) is 0 Å². The van der Waals surface area contributed by atoms with Gasteiger partial charge in [0.25, 0.3) is 0 Å². The number of thioether (sulfide) groups is 1. The van der Waals surface area contributed by atoms with Gasteiger partial charge in [-0.2, -0.15) is 13.2 Å². The van der Waals surface area contributed by atoms with Crippen LogP contribution >= 0.6 is 11.8 Å². The summed E-state index contributed by atoms with van der Waals surface area (Å²) in [4.78, 5) is 0. The van der Waals surface area contributed by atoms with Crippen molar-refractivity contribution in [1.29, 1.82) is 0 Å². The van der Waals surface area contributed by atoms with E-state index in [0.29, 0.717) is 11.0 Å². The van der Waals surface area contributed by atoms with Gasteiger partial charge in [0, 0.05) is 11.8 Å². The lowest BCUT2D eigenvalue weighted by Crippen LogP contribution is -2.30. The highest BCUT2D eigenvalue weighted by molar-refractivity contribution is 7.99. The summed E-state index contributed by atoms with van der Waals surface area (Å²) in [7, 11) is 0. The molecule has 0 bridgehead atoms. The predicted molar refractivity (Wildman–Crippen MR) is 59.0 cm³/mol. The fourth-order valence-corrected chi connectivity index (χ4v) is 2.48. The number of hydrogen-bond donors (Lipinski definition) is 2. The molecule has 1 atom stereocenters. The number of alkyl halides is 3. The van der Waals surface area contributed by atoms with Gasteiger partial charge in [-0.05, 0) is 12.8 Å². The molecule has 18 heavy (non-hydrogen) atoms. The first-order valence-electron chi connectivity index (χ1n) is 5.45. The molecule has 1 aliphatic carbocycles. The zero-order valence-corrected chi connectivity index (χ0v) is 10.2. The van der Waals surface area contributed by atoms with Gasteiger partial charge >= 0.3 is 6.18 Å². The number of aromatic nitrogens is 3. The molecule has 1 fully saturated rings. The van der Waals surface area contributed by atoms with Crippen molar-refractivity contribution in [1.82, 2.24) is 14.8 Å². The summed E-state index contributed by atoms with van der Waals surface area (Å²) < 4.78 is 38.3. The SMILES string of the molecule is NCc1nnc(SCC(O)C(F)(F)F)n1C1CC1. The highest BCUT2D eigenvalue weighted by Gasteiger charge is 2.38. The van der Waals surface area contributed by atoms with E-state index in [-0.39, 0.29) is 12.6 Å². The molecule has 1 unspecified atom stereocenters. The van der Waals surface area contributed by atoms with E-state index in [9.17, 15) is 13.2 Å². The molecule has 0 radical (unpaired) electrons. The number of nitrogens with zero attached hydrogens (tertiary/aromatic N) is 3. The van der Waals surface area contributed by atoms with E-state index in [1.165, 1.54) is 0 Å². The van der Waals surface area contributed by atoms with Gasteiger partial charge in [0.2, 0.25) is 0 Å². The Kier molecular flexibility index (Phi) is 3.83. The van der Waals surface area contributed by atoms with Gasteiger partial charge in [-0.25, -0.2) is 0 Å². The van der Waals surface area contributed by atoms with E-state index in [2.05, 4.69) is 10.2 Å². The Morgan fingerprint density at radius 1 is 1.44 bits per heavy atom. The second-order valence-corrected chi connectivity index (χ2v) is 5.06. The largest absolute Gasteiger partial charge is 0.415 e. The molecule has 102 valence electrons. The minimum Gasteiger partial charge on any atom is -0.383 e. The molecule has 1 heterocycles. The van der Waals surface area contributed by atoms with Crippen LogP contribution in [0.3, 0.4) is 0 Å². The van der Waals surface area contributed by atoms with E-state index < -0.39 is 18.0 Å². The number of aliphatic hydroxyl groups is 1. The van der Waals surface area contributed by atoms with Crippen LogP contribution in [0.4, 0.5) is 13.2 Å². The monoisotopic (exact) mass is 282 g/mol. The van der Waals surface area contributed by atoms with Crippen LogP contribution < -0.4 is 5.73 Å². The van der Waals surface area contributed by atoms with Crippen molar-refractivity contribution in [3.05, 3.63) is 5.82 Å². The molecule has 2 rings (SSSR count). The summed E-state index contributed by atoms with van der Waals surface area (Å²) in [6.07, 6.45) is -5.04. The standard InChI is InChI=1S/C9H13F3N4OS/c10-9(11,12)6(17)4-18-8-15-14-7(3-13)16(8)5-1-2-5/h5-6,17H,1-4,13H2. The zero-order chi connectivity index (χ0) is 13.3. The van der Waals surface area contributed by atoms with Crippen LogP contribution in [0, 0.1) is 0 Å².